The molecular formula is C12H10N2O4. The quantitative estimate of drug-likeness (QED) is 0.484. The summed E-state index contributed by atoms with van der Waals surface area (Å²) in [4.78, 5) is 23.1. The molecule has 0 saturated carbocycles. The molecule has 1 aromatic carbocycles. The first-order valence-corrected chi connectivity index (χ1v) is 5.27. The zero-order valence-electron chi connectivity index (χ0n) is 9.37. The maximum atomic E-state index is 11.7. The van der Waals surface area contributed by atoms with Crippen LogP contribution in [0.2, 0.25) is 0 Å². The number of rotatable bonds is 2. The number of benzene rings is 1. The van der Waals surface area contributed by atoms with Gasteiger partial charge in [-0.25, -0.2) is 0 Å². The fourth-order valence-corrected chi connectivity index (χ4v) is 1.89. The molecule has 18 heavy (non-hydrogen) atoms. The van der Waals surface area contributed by atoms with E-state index in [1.807, 2.05) is 0 Å². The molecule has 1 atom stereocenters. The Labute approximate surface area is 103 Å². The third-order valence-electron chi connectivity index (χ3n) is 2.83. The molecule has 0 radical (unpaired) electrons. The fraction of sp³-hybridized carbons (Fsp3) is 0.250. The van der Waals surface area contributed by atoms with Crippen LogP contribution in [0.5, 0.6) is 5.75 Å². The Bertz CT molecular complexity index is 562. The number of carbonyl (C=O) groups excluding carboxylic acids is 1. The van der Waals surface area contributed by atoms with Crippen LogP contribution in [0, 0.1) is 28.4 Å². The third kappa shape index (κ3) is 1.98. The van der Waals surface area contributed by atoms with Crippen LogP contribution in [0.4, 0.5) is 11.4 Å². The van der Waals surface area contributed by atoms with Gasteiger partial charge in [0.25, 0.3) is 0 Å². The molecule has 1 saturated heterocycles. The Morgan fingerprint density at radius 2 is 2.28 bits per heavy atom. The summed E-state index contributed by atoms with van der Waals surface area (Å²) in [6, 6.07) is 3.83. The zero-order chi connectivity index (χ0) is 13.3. The lowest BCUT2D eigenvalue weighted by Gasteiger charge is -2.15. The van der Waals surface area contributed by atoms with Gasteiger partial charge in [-0.3, -0.25) is 14.9 Å². The van der Waals surface area contributed by atoms with E-state index in [-0.39, 0.29) is 18.2 Å². The maximum absolute atomic E-state index is 11.7. The van der Waals surface area contributed by atoms with Crippen molar-refractivity contribution in [2.24, 2.45) is 5.92 Å². The van der Waals surface area contributed by atoms with Gasteiger partial charge < -0.3 is 10.0 Å². The van der Waals surface area contributed by atoms with Gasteiger partial charge in [0.2, 0.25) is 5.91 Å². The first-order valence-electron chi connectivity index (χ1n) is 5.27. The molecule has 1 aromatic rings. The summed E-state index contributed by atoms with van der Waals surface area (Å²) in [7, 11) is 0. The summed E-state index contributed by atoms with van der Waals surface area (Å²) in [5, 5.41) is 20.0. The minimum absolute atomic E-state index is 0.169. The molecule has 1 aliphatic rings. The van der Waals surface area contributed by atoms with Crippen LogP contribution in [0.15, 0.2) is 18.2 Å². The summed E-state index contributed by atoms with van der Waals surface area (Å²) in [5.74, 6) is 1.73. The topological polar surface area (TPSA) is 83.7 Å². The van der Waals surface area contributed by atoms with E-state index in [1.165, 1.54) is 23.1 Å². The van der Waals surface area contributed by atoms with Crippen LogP contribution < -0.4 is 4.90 Å². The number of hydrogen-bond donors (Lipinski definition) is 1. The average Bonchev–Trinajstić information content (AvgIpc) is 2.71. The van der Waals surface area contributed by atoms with Gasteiger partial charge in [0.15, 0.2) is 5.75 Å². The highest BCUT2D eigenvalue weighted by Gasteiger charge is 2.30. The number of nitrogens with zero attached hydrogens (tertiary/aromatic N) is 2. The van der Waals surface area contributed by atoms with Crippen LogP contribution in [-0.2, 0) is 4.79 Å². The van der Waals surface area contributed by atoms with E-state index in [2.05, 4.69) is 5.92 Å². The van der Waals surface area contributed by atoms with Gasteiger partial charge in [-0.1, -0.05) is 0 Å². The van der Waals surface area contributed by atoms with E-state index in [0.717, 1.165) is 0 Å². The second-order valence-corrected chi connectivity index (χ2v) is 4.00. The first kappa shape index (κ1) is 11.9. The van der Waals surface area contributed by atoms with Gasteiger partial charge in [-0.15, -0.1) is 12.3 Å². The van der Waals surface area contributed by atoms with Crippen molar-refractivity contribution in [3.63, 3.8) is 0 Å². The minimum atomic E-state index is -0.696. The summed E-state index contributed by atoms with van der Waals surface area (Å²) in [5.41, 5.74) is -0.0493. The molecule has 1 unspecified atom stereocenters. The molecular weight excluding hydrogens is 236 g/mol. The average molecular weight is 246 g/mol. The van der Waals surface area contributed by atoms with Crippen LogP contribution in [0.25, 0.3) is 0 Å². The van der Waals surface area contributed by atoms with Crippen molar-refractivity contribution in [3.8, 4) is 18.1 Å². The monoisotopic (exact) mass is 246 g/mol. The molecule has 1 amide bonds. The van der Waals surface area contributed by atoms with Gasteiger partial charge in [0, 0.05) is 24.9 Å². The Morgan fingerprint density at radius 1 is 1.56 bits per heavy atom. The molecule has 0 spiro atoms. The number of carbonyl (C=O) groups is 1. The van der Waals surface area contributed by atoms with E-state index < -0.39 is 16.4 Å². The fourth-order valence-electron chi connectivity index (χ4n) is 1.89. The lowest BCUT2D eigenvalue weighted by atomic mass is 10.1. The molecule has 0 aromatic heterocycles. The summed E-state index contributed by atoms with van der Waals surface area (Å²) < 4.78 is 0. The van der Waals surface area contributed by atoms with Gasteiger partial charge >= 0.3 is 5.69 Å². The Balaban J connectivity index is 2.35. The van der Waals surface area contributed by atoms with E-state index in [4.69, 9.17) is 6.42 Å². The van der Waals surface area contributed by atoms with Crippen LogP contribution in [0.3, 0.4) is 0 Å². The normalized spacial score (nSPS) is 18.7. The van der Waals surface area contributed by atoms with Crippen LogP contribution >= 0.6 is 0 Å². The summed E-state index contributed by atoms with van der Waals surface area (Å²) >= 11 is 0. The molecule has 1 heterocycles. The molecule has 1 aliphatic heterocycles. The SMILES string of the molecule is C#CC1CC(=O)N(c2ccc(O)c([N+](=O)[O-])c2)C1. The maximum Gasteiger partial charge on any atom is 0.312 e. The summed E-state index contributed by atoms with van der Waals surface area (Å²) in [6.07, 6.45) is 5.50. The van der Waals surface area contributed by atoms with E-state index >= 15 is 0 Å². The molecule has 92 valence electrons. The van der Waals surface area contributed by atoms with Crippen molar-refractivity contribution in [1.29, 1.82) is 0 Å². The Morgan fingerprint density at radius 3 is 2.83 bits per heavy atom. The highest BCUT2D eigenvalue weighted by Crippen LogP contribution is 2.33. The first-order chi connectivity index (χ1) is 8.52. The number of hydrogen-bond acceptors (Lipinski definition) is 4. The minimum Gasteiger partial charge on any atom is -0.502 e. The number of phenolic OH excluding ortho intramolecular Hbond substituents is 1. The molecule has 6 heteroatoms. The predicted molar refractivity (Wildman–Crippen MR) is 64.1 cm³/mol. The van der Waals surface area contributed by atoms with Crippen LogP contribution in [0.1, 0.15) is 6.42 Å². The van der Waals surface area contributed by atoms with Gasteiger partial charge in [0.05, 0.1) is 10.6 Å². The third-order valence-corrected chi connectivity index (χ3v) is 2.83. The van der Waals surface area contributed by atoms with E-state index in [9.17, 15) is 20.0 Å². The molecule has 6 nitrogen and oxygen atoms in total. The second-order valence-electron chi connectivity index (χ2n) is 4.00. The number of aromatic hydroxyl groups is 1. The van der Waals surface area contributed by atoms with Crippen molar-refractivity contribution >= 4 is 17.3 Å². The van der Waals surface area contributed by atoms with Gasteiger partial charge in [-0.05, 0) is 12.1 Å². The summed E-state index contributed by atoms with van der Waals surface area (Å²) in [6.45, 7) is 0.345. The van der Waals surface area contributed by atoms with E-state index in [0.29, 0.717) is 12.2 Å². The predicted octanol–water partition coefficient (Wildman–Crippen LogP) is 1.29. The van der Waals surface area contributed by atoms with Crippen molar-refractivity contribution in [2.45, 2.75) is 6.42 Å². The Kier molecular flexibility index (Phi) is 2.90. The number of phenols is 1. The van der Waals surface area contributed by atoms with Crippen molar-refractivity contribution in [2.75, 3.05) is 11.4 Å². The molecule has 0 bridgehead atoms. The van der Waals surface area contributed by atoms with Gasteiger partial charge in [0.1, 0.15) is 0 Å². The van der Waals surface area contributed by atoms with Crippen molar-refractivity contribution in [3.05, 3.63) is 28.3 Å². The largest absolute Gasteiger partial charge is 0.502 e. The van der Waals surface area contributed by atoms with Crippen molar-refractivity contribution < 1.29 is 14.8 Å². The standard InChI is InChI=1S/C12H10N2O4/c1-2-8-5-12(16)13(7-8)9-3-4-11(15)10(6-9)14(17)18/h1,3-4,6,8,15H,5,7H2. The van der Waals surface area contributed by atoms with Gasteiger partial charge in [-0.2, -0.15) is 0 Å². The van der Waals surface area contributed by atoms with Crippen LogP contribution in [-0.4, -0.2) is 22.5 Å². The Hall–Kier alpha value is -2.55. The number of terminal acetylenes is 1. The highest BCUT2D eigenvalue weighted by molar-refractivity contribution is 5.96. The number of amides is 1. The lowest BCUT2D eigenvalue weighted by molar-refractivity contribution is -0.385. The molecule has 2 rings (SSSR count). The number of nitro groups is 1. The zero-order valence-corrected chi connectivity index (χ0v) is 9.37. The lowest BCUT2D eigenvalue weighted by Crippen LogP contribution is -2.24. The smallest absolute Gasteiger partial charge is 0.312 e. The van der Waals surface area contributed by atoms with Crippen molar-refractivity contribution in [1.82, 2.24) is 0 Å². The highest BCUT2D eigenvalue weighted by atomic mass is 16.6. The molecule has 1 fully saturated rings. The number of nitro benzene ring substituents is 1. The molecule has 1 N–H and O–H groups in total. The van der Waals surface area contributed by atoms with E-state index in [1.54, 1.807) is 0 Å². The number of anilines is 1. The second kappa shape index (κ2) is 4.37. The molecule has 0 aliphatic carbocycles.